The van der Waals surface area contributed by atoms with Crippen molar-refractivity contribution in [3.05, 3.63) is 35.3 Å². The number of aromatic nitrogens is 1. The standard InChI is InChI=1S/C17H18N4O5S/c1-25-12-4-3-10(7-13(12)26-2)9-21-15(23)11(19-17(21)24)8-14(22)20-16-18-5-6-27-16/h3-7,11H,8-9H2,1-2H3,(H,19,24)(H,18,20,22). The summed E-state index contributed by atoms with van der Waals surface area (Å²) in [6, 6.07) is 3.69. The number of hydrogen-bond acceptors (Lipinski definition) is 7. The summed E-state index contributed by atoms with van der Waals surface area (Å²) >= 11 is 1.27. The minimum Gasteiger partial charge on any atom is -0.493 e. The summed E-state index contributed by atoms with van der Waals surface area (Å²) in [6.45, 7) is 0.0651. The molecule has 1 unspecified atom stereocenters. The first kappa shape index (κ1) is 18.6. The zero-order valence-electron chi connectivity index (χ0n) is 14.7. The van der Waals surface area contributed by atoms with Gasteiger partial charge in [-0.2, -0.15) is 0 Å². The van der Waals surface area contributed by atoms with Gasteiger partial charge in [-0.15, -0.1) is 11.3 Å². The molecule has 1 atom stereocenters. The summed E-state index contributed by atoms with van der Waals surface area (Å²) in [6.07, 6.45) is 1.40. The van der Waals surface area contributed by atoms with E-state index in [4.69, 9.17) is 9.47 Å². The van der Waals surface area contributed by atoms with Crippen molar-refractivity contribution >= 4 is 34.3 Å². The van der Waals surface area contributed by atoms with E-state index in [1.807, 2.05) is 0 Å². The van der Waals surface area contributed by atoms with Gasteiger partial charge in [0.1, 0.15) is 6.04 Å². The second-order valence-corrected chi connectivity index (χ2v) is 6.60. The van der Waals surface area contributed by atoms with Crippen LogP contribution in [0.2, 0.25) is 0 Å². The molecule has 27 heavy (non-hydrogen) atoms. The van der Waals surface area contributed by atoms with Gasteiger partial charge in [0.15, 0.2) is 16.6 Å². The van der Waals surface area contributed by atoms with E-state index < -0.39 is 23.9 Å². The molecule has 1 aromatic carbocycles. The Bertz CT molecular complexity index is 855. The third-order valence-electron chi connectivity index (χ3n) is 3.96. The minimum absolute atomic E-state index is 0.0651. The molecule has 1 aliphatic heterocycles. The molecule has 1 aromatic heterocycles. The summed E-state index contributed by atoms with van der Waals surface area (Å²) in [5.74, 6) is 0.206. The Morgan fingerprint density at radius 2 is 2.07 bits per heavy atom. The molecule has 1 aliphatic rings. The maximum atomic E-state index is 12.5. The number of methoxy groups -OCH3 is 2. The molecule has 2 N–H and O–H groups in total. The average Bonchev–Trinajstić information content (AvgIpc) is 3.25. The topological polar surface area (TPSA) is 110 Å². The number of amides is 4. The van der Waals surface area contributed by atoms with Crippen LogP contribution in [0.25, 0.3) is 0 Å². The molecule has 4 amide bonds. The molecule has 0 aliphatic carbocycles. The van der Waals surface area contributed by atoms with Crippen LogP contribution >= 0.6 is 11.3 Å². The summed E-state index contributed by atoms with van der Waals surface area (Å²) < 4.78 is 10.4. The average molecular weight is 390 g/mol. The normalized spacial score (nSPS) is 16.2. The smallest absolute Gasteiger partial charge is 0.325 e. The molecule has 1 saturated heterocycles. The number of rotatable bonds is 7. The van der Waals surface area contributed by atoms with Crippen molar-refractivity contribution in [2.75, 3.05) is 19.5 Å². The predicted octanol–water partition coefficient (Wildman–Crippen LogP) is 1.61. The van der Waals surface area contributed by atoms with Gasteiger partial charge >= 0.3 is 6.03 Å². The molecular weight excluding hydrogens is 372 g/mol. The summed E-state index contributed by atoms with van der Waals surface area (Å²) in [5.41, 5.74) is 0.698. The van der Waals surface area contributed by atoms with Gasteiger partial charge in [-0.1, -0.05) is 6.07 Å². The highest BCUT2D eigenvalue weighted by Crippen LogP contribution is 2.28. The van der Waals surface area contributed by atoms with E-state index in [0.29, 0.717) is 22.2 Å². The van der Waals surface area contributed by atoms with E-state index in [9.17, 15) is 14.4 Å². The highest BCUT2D eigenvalue weighted by atomic mass is 32.1. The number of carbonyl (C=O) groups excluding carboxylic acids is 3. The lowest BCUT2D eigenvalue weighted by molar-refractivity contribution is -0.130. The number of thiazole rings is 1. The Morgan fingerprint density at radius 1 is 1.30 bits per heavy atom. The van der Waals surface area contributed by atoms with E-state index in [1.54, 1.807) is 29.8 Å². The van der Waals surface area contributed by atoms with Crippen molar-refractivity contribution in [2.24, 2.45) is 0 Å². The molecule has 0 spiro atoms. The monoisotopic (exact) mass is 390 g/mol. The van der Waals surface area contributed by atoms with Crippen LogP contribution in [0.4, 0.5) is 9.93 Å². The third kappa shape index (κ3) is 4.17. The van der Waals surface area contributed by atoms with Gasteiger partial charge < -0.3 is 20.1 Å². The summed E-state index contributed by atoms with van der Waals surface area (Å²) in [4.78, 5) is 41.8. The van der Waals surface area contributed by atoms with Gasteiger partial charge in [0, 0.05) is 11.6 Å². The van der Waals surface area contributed by atoms with Crippen LogP contribution in [-0.2, 0) is 16.1 Å². The lowest BCUT2D eigenvalue weighted by atomic mass is 10.1. The molecule has 3 rings (SSSR count). The van der Waals surface area contributed by atoms with Crippen molar-refractivity contribution in [3.63, 3.8) is 0 Å². The maximum absolute atomic E-state index is 12.5. The first-order valence-corrected chi connectivity index (χ1v) is 8.92. The van der Waals surface area contributed by atoms with Gasteiger partial charge in [0.05, 0.1) is 27.2 Å². The summed E-state index contributed by atoms with van der Waals surface area (Å²) in [5, 5.41) is 7.30. The van der Waals surface area contributed by atoms with Crippen LogP contribution in [0.1, 0.15) is 12.0 Å². The molecular formula is C17H18N4O5S. The Morgan fingerprint density at radius 3 is 2.74 bits per heavy atom. The number of nitrogens with one attached hydrogen (secondary N) is 2. The molecule has 142 valence electrons. The number of anilines is 1. The van der Waals surface area contributed by atoms with Gasteiger partial charge in [0.25, 0.3) is 5.91 Å². The quantitative estimate of drug-likeness (QED) is 0.695. The Balaban J connectivity index is 1.64. The molecule has 1 fully saturated rings. The lowest BCUT2D eigenvalue weighted by Crippen LogP contribution is -2.34. The first-order valence-electron chi connectivity index (χ1n) is 8.04. The van der Waals surface area contributed by atoms with E-state index in [1.165, 1.54) is 25.6 Å². The van der Waals surface area contributed by atoms with Crippen molar-refractivity contribution in [1.29, 1.82) is 0 Å². The zero-order valence-corrected chi connectivity index (χ0v) is 15.5. The van der Waals surface area contributed by atoms with Crippen molar-refractivity contribution in [1.82, 2.24) is 15.2 Å². The minimum atomic E-state index is -0.905. The van der Waals surface area contributed by atoms with Crippen LogP contribution in [-0.4, -0.2) is 48.0 Å². The molecule has 0 radical (unpaired) electrons. The number of benzene rings is 1. The van der Waals surface area contributed by atoms with Gasteiger partial charge in [-0.25, -0.2) is 9.78 Å². The van der Waals surface area contributed by atoms with Gasteiger partial charge in [0.2, 0.25) is 5.91 Å². The van der Waals surface area contributed by atoms with Crippen LogP contribution < -0.4 is 20.1 Å². The van der Waals surface area contributed by atoms with Crippen molar-refractivity contribution in [3.8, 4) is 11.5 Å². The largest absolute Gasteiger partial charge is 0.493 e. The number of ether oxygens (including phenoxy) is 2. The van der Waals surface area contributed by atoms with E-state index in [0.717, 1.165) is 4.90 Å². The molecule has 2 heterocycles. The molecule has 9 nitrogen and oxygen atoms in total. The van der Waals surface area contributed by atoms with Crippen LogP contribution in [0, 0.1) is 0 Å². The second kappa shape index (κ2) is 8.04. The lowest BCUT2D eigenvalue weighted by Gasteiger charge is -2.15. The molecule has 0 saturated carbocycles. The van der Waals surface area contributed by atoms with Gasteiger partial charge in [-0.3, -0.25) is 14.5 Å². The van der Waals surface area contributed by atoms with Crippen molar-refractivity contribution in [2.45, 2.75) is 19.0 Å². The van der Waals surface area contributed by atoms with E-state index in [-0.39, 0.29) is 13.0 Å². The fraction of sp³-hybridized carbons (Fsp3) is 0.294. The fourth-order valence-corrected chi connectivity index (χ4v) is 3.21. The van der Waals surface area contributed by atoms with E-state index in [2.05, 4.69) is 15.6 Å². The highest BCUT2D eigenvalue weighted by molar-refractivity contribution is 7.13. The second-order valence-electron chi connectivity index (χ2n) is 5.71. The maximum Gasteiger partial charge on any atom is 0.325 e. The number of carbonyl (C=O) groups is 3. The Kier molecular flexibility index (Phi) is 5.55. The van der Waals surface area contributed by atoms with Crippen LogP contribution in [0.15, 0.2) is 29.8 Å². The van der Waals surface area contributed by atoms with Crippen molar-refractivity contribution < 1.29 is 23.9 Å². The number of hydrogen-bond donors (Lipinski definition) is 2. The first-order chi connectivity index (χ1) is 13.0. The van der Waals surface area contributed by atoms with E-state index >= 15 is 0 Å². The SMILES string of the molecule is COc1ccc(CN2C(=O)NC(CC(=O)Nc3nccs3)C2=O)cc1OC. The van der Waals surface area contributed by atoms with Gasteiger partial charge in [-0.05, 0) is 17.7 Å². The Labute approximate surface area is 159 Å². The molecule has 0 bridgehead atoms. The summed E-state index contributed by atoms with van der Waals surface area (Å²) in [7, 11) is 3.03. The van der Waals surface area contributed by atoms with Crippen LogP contribution in [0.5, 0.6) is 11.5 Å². The number of imide groups is 1. The fourth-order valence-electron chi connectivity index (χ4n) is 2.67. The molecule has 10 heteroatoms. The number of nitrogens with zero attached hydrogens (tertiary/aromatic N) is 2. The Hall–Kier alpha value is -3.14. The highest BCUT2D eigenvalue weighted by Gasteiger charge is 2.39. The number of urea groups is 1. The predicted molar refractivity (Wildman–Crippen MR) is 97.8 cm³/mol. The zero-order chi connectivity index (χ0) is 19.4. The van der Waals surface area contributed by atoms with Crippen LogP contribution in [0.3, 0.4) is 0 Å². The molecule has 2 aromatic rings. The third-order valence-corrected chi connectivity index (χ3v) is 4.65.